The molecule has 2 heterocycles. The van der Waals surface area contributed by atoms with E-state index in [0.29, 0.717) is 0 Å². The lowest BCUT2D eigenvalue weighted by Crippen LogP contribution is -2.38. The first-order chi connectivity index (χ1) is 12.4. The Labute approximate surface area is 147 Å². The number of hydrogen-bond donors (Lipinski definition) is 1. The van der Waals surface area contributed by atoms with Crippen LogP contribution in [-0.2, 0) is 14.4 Å². The number of fused-ring (bicyclic) bond motifs is 8. The number of carboxylic acid groups (broad SMARTS) is 1. The maximum Gasteiger partial charge on any atom is 0.323 e. The quantitative estimate of drug-likeness (QED) is 0.360. The average molecular weight is 357 g/mol. The first-order valence-electron chi connectivity index (χ1n) is 8.50. The molecule has 26 heavy (non-hydrogen) atoms. The van der Waals surface area contributed by atoms with Gasteiger partial charge < -0.3 is 10.0 Å². The number of imide groups is 1. The molecule has 6 unspecified atom stereocenters. The topological polar surface area (TPSA) is 121 Å². The number of carboxylic acids is 1. The zero-order chi connectivity index (χ0) is 18.3. The number of aliphatic carboxylic acids is 1. The molecule has 0 spiro atoms. The van der Waals surface area contributed by atoms with Crippen molar-refractivity contribution in [3.8, 4) is 0 Å². The molecule has 1 aromatic rings. The third-order valence-corrected chi connectivity index (χ3v) is 6.39. The normalized spacial score (nSPS) is 36.3. The largest absolute Gasteiger partial charge is 0.480 e. The van der Waals surface area contributed by atoms with E-state index in [2.05, 4.69) is 4.90 Å². The second-order valence-electron chi connectivity index (χ2n) is 7.43. The van der Waals surface area contributed by atoms with E-state index in [1.165, 1.54) is 12.1 Å². The summed E-state index contributed by atoms with van der Waals surface area (Å²) in [5.41, 5.74) is 0.887. The Balaban J connectivity index is 1.40. The molecule has 2 saturated heterocycles. The number of amides is 2. The minimum atomic E-state index is -1.18. The first kappa shape index (κ1) is 15.3. The Morgan fingerprint density at radius 1 is 1.12 bits per heavy atom. The SMILES string of the molecule is O=C(O)CN1C(=O)C2C3CC(C2C1=O)C1C3N1c1ccc([N+](=O)[O-])cc1. The predicted octanol–water partition coefficient (Wildman–Crippen LogP) is 0.488. The minimum Gasteiger partial charge on any atom is -0.480 e. The summed E-state index contributed by atoms with van der Waals surface area (Å²) in [6, 6.07) is 6.63. The number of hydrogen-bond acceptors (Lipinski definition) is 6. The molecule has 9 heteroatoms. The molecular formula is C17H15N3O6. The zero-order valence-corrected chi connectivity index (χ0v) is 13.5. The molecule has 0 aromatic heterocycles. The number of carbonyl (C=O) groups excluding carboxylic acids is 2. The minimum absolute atomic E-state index is 0.0234. The van der Waals surface area contributed by atoms with Crippen molar-refractivity contribution in [2.24, 2.45) is 23.7 Å². The van der Waals surface area contributed by atoms with E-state index in [1.54, 1.807) is 12.1 Å². The highest BCUT2D eigenvalue weighted by molar-refractivity contribution is 6.08. The summed E-state index contributed by atoms with van der Waals surface area (Å²) in [6.45, 7) is -0.564. The van der Waals surface area contributed by atoms with E-state index in [9.17, 15) is 24.5 Å². The smallest absolute Gasteiger partial charge is 0.323 e. The molecule has 4 aliphatic rings. The second kappa shape index (κ2) is 4.80. The van der Waals surface area contributed by atoms with Crippen molar-refractivity contribution in [3.63, 3.8) is 0 Å². The van der Waals surface area contributed by atoms with Crippen molar-refractivity contribution < 1.29 is 24.4 Å². The van der Waals surface area contributed by atoms with Crippen molar-refractivity contribution in [1.29, 1.82) is 0 Å². The zero-order valence-electron chi connectivity index (χ0n) is 13.5. The van der Waals surface area contributed by atoms with Crippen LogP contribution in [0.2, 0.25) is 0 Å². The molecule has 4 fully saturated rings. The summed E-state index contributed by atoms with van der Waals surface area (Å²) in [7, 11) is 0. The molecule has 1 N–H and O–H groups in total. The Hall–Kier alpha value is -2.97. The Bertz CT molecular complexity index is 834. The highest BCUT2D eigenvalue weighted by Crippen LogP contribution is 2.66. The number of piperidine rings is 1. The molecule has 9 nitrogen and oxygen atoms in total. The summed E-state index contributed by atoms with van der Waals surface area (Å²) in [4.78, 5) is 49.5. The molecule has 5 rings (SSSR count). The van der Waals surface area contributed by atoms with Gasteiger partial charge in [-0.3, -0.25) is 29.4 Å². The van der Waals surface area contributed by atoms with Crippen molar-refractivity contribution in [2.75, 3.05) is 11.4 Å². The fraction of sp³-hybridized carbons (Fsp3) is 0.471. The molecule has 134 valence electrons. The third-order valence-electron chi connectivity index (χ3n) is 6.39. The van der Waals surface area contributed by atoms with Crippen LogP contribution < -0.4 is 4.90 Å². The maximum atomic E-state index is 12.6. The third kappa shape index (κ3) is 1.77. The number of rotatable bonds is 4. The summed E-state index contributed by atoms with van der Waals surface area (Å²) >= 11 is 0. The highest BCUT2D eigenvalue weighted by atomic mass is 16.6. The molecule has 2 aliphatic heterocycles. The van der Waals surface area contributed by atoms with Gasteiger partial charge in [-0.05, 0) is 30.4 Å². The van der Waals surface area contributed by atoms with Gasteiger partial charge in [0.2, 0.25) is 11.8 Å². The van der Waals surface area contributed by atoms with Crippen molar-refractivity contribution in [2.45, 2.75) is 18.5 Å². The highest BCUT2D eigenvalue weighted by Gasteiger charge is 2.75. The van der Waals surface area contributed by atoms with E-state index in [-0.39, 0.29) is 41.4 Å². The predicted molar refractivity (Wildman–Crippen MR) is 86.1 cm³/mol. The van der Waals surface area contributed by atoms with Gasteiger partial charge >= 0.3 is 5.97 Å². The average Bonchev–Trinajstić information content (AvgIpc) is 2.97. The van der Waals surface area contributed by atoms with Crippen LogP contribution >= 0.6 is 0 Å². The number of nitro benzene ring substituents is 1. The van der Waals surface area contributed by atoms with Gasteiger partial charge in [0.25, 0.3) is 5.69 Å². The van der Waals surface area contributed by atoms with Gasteiger partial charge in [-0.15, -0.1) is 0 Å². The molecule has 2 bridgehead atoms. The number of carbonyl (C=O) groups is 3. The van der Waals surface area contributed by atoms with E-state index < -0.39 is 29.3 Å². The Morgan fingerprint density at radius 2 is 1.65 bits per heavy atom. The van der Waals surface area contributed by atoms with Crippen LogP contribution in [0.3, 0.4) is 0 Å². The van der Waals surface area contributed by atoms with Gasteiger partial charge in [-0.25, -0.2) is 0 Å². The molecular weight excluding hydrogens is 342 g/mol. The van der Waals surface area contributed by atoms with Crippen LogP contribution in [0.4, 0.5) is 11.4 Å². The van der Waals surface area contributed by atoms with E-state index in [4.69, 9.17) is 5.11 Å². The van der Waals surface area contributed by atoms with Crippen molar-refractivity contribution in [3.05, 3.63) is 34.4 Å². The van der Waals surface area contributed by atoms with Crippen LogP contribution in [-0.4, -0.2) is 51.3 Å². The van der Waals surface area contributed by atoms with Crippen molar-refractivity contribution >= 4 is 29.2 Å². The van der Waals surface area contributed by atoms with Crippen LogP contribution in [0.5, 0.6) is 0 Å². The van der Waals surface area contributed by atoms with Crippen molar-refractivity contribution in [1.82, 2.24) is 4.90 Å². The number of nitro groups is 1. The summed E-state index contributed by atoms with van der Waals surface area (Å²) in [5.74, 6) is -2.65. The fourth-order valence-corrected chi connectivity index (χ4v) is 5.56. The fourth-order valence-electron chi connectivity index (χ4n) is 5.56. The summed E-state index contributed by atoms with van der Waals surface area (Å²) in [5, 5.41) is 19.7. The summed E-state index contributed by atoms with van der Waals surface area (Å²) < 4.78 is 0. The monoisotopic (exact) mass is 357 g/mol. The molecule has 2 saturated carbocycles. The van der Waals surface area contributed by atoms with Gasteiger partial charge in [0.05, 0.1) is 28.8 Å². The molecule has 0 radical (unpaired) electrons. The van der Waals surface area contributed by atoms with Crippen LogP contribution in [0.1, 0.15) is 6.42 Å². The Morgan fingerprint density at radius 3 is 2.12 bits per heavy atom. The maximum absolute atomic E-state index is 12.6. The molecule has 2 aliphatic carbocycles. The lowest BCUT2D eigenvalue weighted by molar-refractivity contribution is -0.384. The van der Waals surface area contributed by atoms with Gasteiger partial charge in [-0.2, -0.15) is 0 Å². The van der Waals surface area contributed by atoms with Crippen LogP contribution in [0.15, 0.2) is 24.3 Å². The van der Waals surface area contributed by atoms with E-state index in [1.807, 2.05) is 0 Å². The first-order valence-corrected chi connectivity index (χ1v) is 8.50. The number of anilines is 1. The Kier molecular flexibility index (Phi) is 2.83. The van der Waals surface area contributed by atoms with Crippen LogP contribution in [0, 0.1) is 33.8 Å². The number of likely N-dealkylation sites (tertiary alicyclic amines) is 1. The number of non-ortho nitro benzene ring substituents is 1. The van der Waals surface area contributed by atoms with E-state index in [0.717, 1.165) is 17.0 Å². The van der Waals surface area contributed by atoms with Gasteiger partial charge in [-0.1, -0.05) is 0 Å². The summed E-state index contributed by atoms with van der Waals surface area (Å²) in [6.07, 6.45) is 0.812. The molecule has 2 amide bonds. The number of nitrogens with zero attached hydrogens (tertiary/aromatic N) is 3. The lowest BCUT2D eigenvalue weighted by atomic mass is 9.81. The molecule has 6 atom stereocenters. The molecule has 1 aromatic carbocycles. The number of benzene rings is 1. The standard InChI is InChI=1S/C17H15N3O6/c21-11(22)6-18-16(23)12-9-5-10(13(12)17(18)24)15-14(9)19(15)7-1-3-8(4-2-7)20(25)26/h1-4,9-10,12-15H,5-6H2,(H,21,22). The van der Waals surface area contributed by atoms with Gasteiger partial charge in [0.15, 0.2) is 0 Å². The van der Waals surface area contributed by atoms with Crippen LogP contribution in [0.25, 0.3) is 0 Å². The van der Waals surface area contributed by atoms with E-state index >= 15 is 0 Å². The van der Waals surface area contributed by atoms with Gasteiger partial charge in [0, 0.05) is 17.8 Å². The van der Waals surface area contributed by atoms with Gasteiger partial charge in [0.1, 0.15) is 6.54 Å². The lowest BCUT2D eigenvalue weighted by Gasteiger charge is -2.19. The second-order valence-corrected chi connectivity index (χ2v) is 7.43.